The van der Waals surface area contributed by atoms with Crippen molar-refractivity contribution in [3.05, 3.63) is 83.6 Å². The summed E-state index contributed by atoms with van der Waals surface area (Å²) in [5.41, 5.74) is 7.63. The summed E-state index contributed by atoms with van der Waals surface area (Å²) in [6, 6.07) is 20.8. The molecule has 2 atom stereocenters. The van der Waals surface area contributed by atoms with Crippen LogP contribution in [-0.4, -0.2) is 55.7 Å². The number of ether oxygens (including phenoxy) is 1. The minimum absolute atomic E-state index is 0.0802. The van der Waals surface area contributed by atoms with Gasteiger partial charge in [0, 0.05) is 25.7 Å². The van der Waals surface area contributed by atoms with Crippen molar-refractivity contribution < 1.29 is 9.53 Å². The maximum atomic E-state index is 13.1. The van der Waals surface area contributed by atoms with E-state index in [9.17, 15) is 4.79 Å². The molecule has 0 saturated carbocycles. The standard InChI is InChI=1S/C27H39N3O2/c1-7-24(28)20-30(6)26(31)32-25(8-2)27(19-21(3)29(4)5,22-15-11-9-12-16-22)23-17-13-10-14-18-23/h8-18,21,24H,7,19-20,28H2,1-6H3/b25-8-. The minimum atomic E-state index is -0.621. The molecule has 2 N–H and O–H groups in total. The molecule has 0 radical (unpaired) electrons. The molecule has 32 heavy (non-hydrogen) atoms. The van der Waals surface area contributed by atoms with Crippen LogP contribution >= 0.6 is 0 Å². The van der Waals surface area contributed by atoms with Gasteiger partial charge in [-0.05, 0) is 58.0 Å². The highest BCUT2D eigenvalue weighted by atomic mass is 16.6. The van der Waals surface area contributed by atoms with Crippen molar-refractivity contribution in [1.29, 1.82) is 0 Å². The highest BCUT2D eigenvalue weighted by molar-refractivity contribution is 5.69. The van der Waals surface area contributed by atoms with Gasteiger partial charge < -0.3 is 20.3 Å². The molecule has 5 heteroatoms. The molecule has 5 nitrogen and oxygen atoms in total. The fraction of sp³-hybridized carbons (Fsp3) is 0.444. The molecule has 2 unspecified atom stereocenters. The number of likely N-dealkylation sites (N-methyl/N-ethyl adjacent to an activating group) is 1. The lowest BCUT2D eigenvalue weighted by molar-refractivity contribution is 0.120. The van der Waals surface area contributed by atoms with Crippen LogP contribution in [0.1, 0.15) is 44.7 Å². The van der Waals surface area contributed by atoms with Crippen LogP contribution in [0.25, 0.3) is 0 Å². The lowest BCUT2D eigenvalue weighted by atomic mass is 9.68. The molecule has 2 rings (SSSR count). The number of nitrogens with two attached hydrogens (primary N) is 1. The SMILES string of the molecule is C/C=C(\OC(=O)N(C)CC(N)CC)C(CC(C)N(C)C)(c1ccccc1)c1ccccc1. The average Bonchev–Trinajstić information content (AvgIpc) is 2.81. The summed E-state index contributed by atoms with van der Waals surface area (Å²) in [4.78, 5) is 16.8. The molecule has 1 amide bonds. The molecule has 0 fully saturated rings. The number of hydrogen-bond donors (Lipinski definition) is 1. The Morgan fingerprint density at radius 2 is 1.53 bits per heavy atom. The zero-order valence-corrected chi connectivity index (χ0v) is 20.4. The van der Waals surface area contributed by atoms with Crippen molar-refractivity contribution in [2.75, 3.05) is 27.7 Å². The van der Waals surface area contributed by atoms with Gasteiger partial charge in [0.2, 0.25) is 0 Å². The van der Waals surface area contributed by atoms with E-state index in [1.807, 2.05) is 56.3 Å². The molecule has 0 spiro atoms. The Morgan fingerprint density at radius 1 is 1.03 bits per heavy atom. The van der Waals surface area contributed by atoms with E-state index in [1.54, 1.807) is 11.9 Å². The van der Waals surface area contributed by atoms with Crippen molar-refractivity contribution in [2.45, 2.75) is 51.1 Å². The molecule has 2 aromatic carbocycles. The van der Waals surface area contributed by atoms with Crippen LogP contribution in [-0.2, 0) is 10.2 Å². The van der Waals surface area contributed by atoms with Gasteiger partial charge in [0.25, 0.3) is 0 Å². The number of allylic oxidation sites excluding steroid dienone is 2. The second-order valence-electron chi connectivity index (χ2n) is 8.72. The van der Waals surface area contributed by atoms with Crippen molar-refractivity contribution >= 4 is 6.09 Å². The first-order valence-electron chi connectivity index (χ1n) is 11.4. The number of rotatable bonds is 10. The van der Waals surface area contributed by atoms with Gasteiger partial charge in [-0.3, -0.25) is 0 Å². The Morgan fingerprint density at radius 3 is 1.94 bits per heavy atom. The normalized spacial score (nSPS) is 14.2. The van der Waals surface area contributed by atoms with E-state index in [0.717, 1.165) is 24.0 Å². The summed E-state index contributed by atoms with van der Waals surface area (Å²) in [6.07, 6.45) is 3.08. The Labute approximate surface area is 193 Å². The number of amides is 1. The second-order valence-corrected chi connectivity index (χ2v) is 8.72. The third-order valence-corrected chi connectivity index (χ3v) is 6.24. The topological polar surface area (TPSA) is 58.8 Å². The fourth-order valence-corrected chi connectivity index (χ4v) is 3.98. The number of benzene rings is 2. The zero-order valence-electron chi connectivity index (χ0n) is 20.4. The fourth-order valence-electron chi connectivity index (χ4n) is 3.98. The van der Waals surface area contributed by atoms with E-state index in [4.69, 9.17) is 10.5 Å². The molecule has 0 aliphatic heterocycles. The van der Waals surface area contributed by atoms with E-state index in [0.29, 0.717) is 12.3 Å². The van der Waals surface area contributed by atoms with Gasteiger partial charge in [0.1, 0.15) is 5.76 Å². The van der Waals surface area contributed by atoms with Crippen molar-refractivity contribution in [3.63, 3.8) is 0 Å². The summed E-state index contributed by atoms with van der Waals surface area (Å²) in [5.74, 6) is 0.630. The van der Waals surface area contributed by atoms with Crippen molar-refractivity contribution in [1.82, 2.24) is 9.80 Å². The highest BCUT2D eigenvalue weighted by Crippen LogP contribution is 2.44. The predicted molar refractivity (Wildman–Crippen MR) is 133 cm³/mol. The van der Waals surface area contributed by atoms with Crippen LogP contribution in [0.3, 0.4) is 0 Å². The van der Waals surface area contributed by atoms with Crippen molar-refractivity contribution in [2.24, 2.45) is 5.73 Å². The van der Waals surface area contributed by atoms with Gasteiger partial charge in [-0.25, -0.2) is 4.79 Å². The van der Waals surface area contributed by atoms with Gasteiger partial charge in [-0.1, -0.05) is 67.6 Å². The molecule has 2 aromatic rings. The number of carbonyl (C=O) groups is 1. The minimum Gasteiger partial charge on any atom is -0.414 e. The average molecular weight is 438 g/mol. The maximum Gasteiger partial charge on any atom is 0.414 e. The Kier molecular flexibility index (Phi) is 9.48. The quantitative estimate of drug-likeness (QED) is 0.530. The van der Waals surface area contributed by atoms with Gasteiger partial charge in [0.15, 0.2) is 0 Å². The van der Waals surface area contributed by atoms with Crippen LogP contribution in [0.15, 0.2) is 72.5 Å². The van der Waals surface area contributed by atoms with E-state index < -0.39 is 11.5 Å². The first-order chi connectivity index (χ1) is 15.3. The van der Waals surface area contributed by atoms with Gasteiger partial charge >= 0.3 is 6.09 Å². The largest absolute Gasteiger partial charge is 0.414 e. The molecule has 0 bridgehead atoms. The van der Waals surface area contributed by atoms with E-state index in [-0.39, 0.29) is 12.1 Å². The maximum absolute atomic E-state index is 13.1. The summed E-state index contributed by atoms with van der Waals surface area (Å²) < 4.78 is 6.14. The second kappa shape index (κ2) is 11.8. The van der Waals surface area contributed by atoms with Crippen LogP contribution < -0.4 is 5.73 Å². The summed E-state index contributed by atoms with van der Waals surface area (Å²) >= 11 is 0. The summed E-state index contributed by atoms with van der Waals surface area (Å²) in [7, 11) is 5.89. The monoisotopic (exact) mass is 437 g/mol. The summed E-state index contributed by atoms with van der Waals surface area (Å²) in [5, 5.41) is 0. The van der Waals surface area contributed by atoms with E-state index >= 15 is 0 Å². The van der Waals surface area contributed by atoms with Crippen LogP contribution in [0.4, 0.5) is 4.79 Å². The summed E-state index contributed by atoms with van der Waals surface area (Å²) in [6.45, 7) is 6.59. The van der Waals surface area contributed by atoms with Crippen LogP contribution in [0.2, 0.25) is 0 Å². The molecule has 0 aromatic heterocycles. The molecular formula is C27H39N3O2. The Bertz CT molecular complexity index is 825. The van der Waals surface area contributed by atoms with Gasteiger partial charge in [0.05, 0.1) is 5.41 Å². The molecule has 0 aliphatic rings. The molecule has 0 heterocycles. The van der Waals surface area contributed by atoms with Gasteiger partial charge in [-0.2, -0.15) is 0 Å². The predicted octanol–water partition coefficient (Wildman–Crippen LogP) is 5.02. The molecule has 0 aliphatic carbocycles. The zero-order chi connectivity index (χ0) is 23.7. The van der Waals surface area contributed by atoms with Crippen LogP contribution in [0.5, 0.6) is 0 Å². The number of carbonyl (C=O) groups excluding carboxylic acids is 1. The molecule has 0 saturated heterocycles. The Balaban J connectivity index is 2.60. The first kappa shape index (κ1) is 25.6. The van der Waals surface area contributed by atoms with E-state index in [2.05, 4.69) is 50.2 Å². The third-order valence-electron chi connectivity index (χ3n) is 6.24. The smallest absolute Gasteiger partial charge is 0.414 e. The first-order valence-corrected chi connectivity index (χ1v) is 11.4. The Hall–Kier alpha value is -2.63. The lowest BCUT2D eigenvalue weighted by Gasteiger charge is -2.40. The molecular weight excluding hydrogens is 398 g/mol. The lowest BCUT2D eigenvalue weighted by Crippen LogP contribution is -2.42. The number of hydrogen-bond acceptors (Lipinski definition) is 4. The molecule has 174 valence electrons. The van der Waals surface area contributed by atoms with Crippen LogP contribution in [0, 0.1) is 0 Å². The van der Waals surface area contributed by atoms with Crippen molar-refractivity contribution in [3.8, 4) is 0 Å². The third kappa shape index (κ3) is 5.99. The number of nitrogens with zero attached hydrogens (tertiary/aromatic N) is 2. The van der Waals surface area contributed by atoms with E-state index in [1.165, 1.54) is 0 Å². The van der Waals surface area contributed by atoms with Gasteiger partial charge in [-0.15, -0.1) is 0 Å². The highest BCUT2D eigenvalue weighted by Gasteiger charge is 2.42.